The second-order valence-corrected chi connectivity index (χ2v) is 5.28. The lowest BCUT2D eigenvalue weighted by Gasteiger charge is -2.19. The molecule has 22 heavy (non-hydrogen) atoms. The van der Waals surface area contributed by atoms with Crippen molar-refractivity contribution in [2.24, 2.45) is 0 Å². The van der Waals surface area contributed by atoms with Gasteiger partial charge in [0, 0.05) is 31.0 Å². The van der Waals surface area contributed by atoms with Crippen molar-refractivity contribution in [3.8, 4) is 6.07 Å². The summed E-state index contributed by atoms with van der Waals surface area (Å²) in [5, 5.41) is 12.1. The summed E-state index contributed by atoms with van der Waals surface area (Å²) in [5.74, 6) is 1.45. The Morgan fingerprint density at radius 2 is 2.09 bits per heavy atom. The molecule has 5 heteroatoms. The summed E-state index contributed by atoms with van der Waals surface area (Å²) >= 11 is 0. The van der Waals surface area contributed by atoms with Crippen LogP contribution in [0, 0.1) is 18.3 Å². The van der Waals surface area contributed by atoms with Gasteiger partial charge in [-0.1, -0.05) is 19.4 Å². The minimum absolute atomic E-state index is 0.549. The first-order valence-electron chi connectivity index (χ1n) is 7.46. The highest BCUT2D eigenvalue weighted by atomic mass is 15.2. The van der Waals surface area contributed by atoms with E-state index in [4.69, 9.17) is 5.26 Å². The van der Waals surface area contributed by atoms with Crippen molar-refractivity contribution >= 4 is 17.5 Å². The van der Waals surface area contributed by atoms with Crippen LogP contribution in [0.1, 0.15) is 31.0 Å². The molecular formula is C17H21N5. The molecule has 0 saturated carbocycles. The monoisotopic (exact) mass is 295 g/mol. The van der Waals surface area contributed by atoms with Crippen LogP contribution < -0.4 is 10.2 Å². The Hall–Kier alpha value is -2.61. The normalized spacial score (nSPS) is 10.1. The number of hydrogen-bond donors (Lipinski definition) is 1. The van der Waals surface area contributed by atoms with E-state index in [0.29, 0.717) is 11.5 Å². The molecule has 0 amide bonds. The Morgan fingerprint density at radius 3 is 2.82 bits per heavy atom. The second kappa shape index (κ2) is 7.41. The van der Waals surface area contributed by atoms with E-state index in [1.54, 1.807) is 12.1 Å². The minimum atomic E-state index is 0.549. The number of nitrogens with zero attached hydrogens (tertiary/aromatic N) is 4. The quantitative estimate of drug-likeness (QED) is 0.881. The number of nitriles is 1. The molecule has 2 aromatic rings. The summed E-state index contributed by atoms with van der Waals surface area (Å²) < 4.78 is 0. The smallest absolute Gasteiger partial charge is 0.229 e. The lowest BCUT2D eigenvalue weighted by Crippen LogP contribution is -2.20. The molecule has 0 fully saturated rings. The van der Waals surface area contributed by atoms with Crippen LogP contribution in [-0.4, -0.2) is 23.6 Å². The summed E-state index contributed by atoms with van der Waals surface area (Å²) in [4.78, 5) is 11.1. The van der Waals surface area contributed by atoms with Gasteiger partial charge >= 0.3 is 0 Å². The van der Waals surface area contributed by atoms with Gasteiger partial charge in [-0.25, -0.2) is 4.98 Å². The van der Waals surface area contributed by atoms with Crippen LogP contribution in [0.4, 0.5) is 17.5 Å². The summed E-state index contributed by atoms with van der Waals surface area (Å²) in [6.45, 7) is 5.10. The van der Waals surface area contributed by atoms with E-state index in [0.717, 1.165) is 36.6 Å². The number of nitrogens with one attached hydrogen (secondary N) is 1. The highest BCUT2D eigenvalue weighted by molar-refractivity contribution is 5.57. The number of rotatable bonds is 6. The molecule has 5 nitrogen and oxygen atoms in total. The number of hydrogen-bond acceptors (Lipinski definition) is 5. The maximum atomic E-state index is 8.96. The first-order valence-corrected chi connectivity index (χ1v) is 7.46. The maximum absolute atomic E-state index is 8.96. The fourth-order valence-corrected chi connectivity index (χ4v) is 2.11. The summed E-state index contributed by atoms with van der Waals surface area (Å²) in [6.07, 6.45) is 2.28. The number of anilines is 3. The van der Waals surface area contributed by atoms with Crippen molar-refractivity contribution in [3.63, 3.8) is 0 Å². The van der Waals surface area contributed by atoms with Gasteiger partial charge in [-0.15, -0.1) is 0 Å². The van der Waals surface area contributed by atoms with Crippen LogP contribution in [0.15, 0.2) is 30.3 Å². The third-order valence-corrected chi connectivity index (χ3v) is 3.33. The molecule has 0 spiro atoms. The van der Waals surface area contributed by atoms with E-state index in [9.17, 15) is 0 Å². The largest absolute Gasteiger partial charge is 0.360 e. The third-order valence-electron chi connectivity index (χ3n) is 3.33. The molecular weight excluding hydrogens is 274 g/mol. The van der Waals surface area contributed by atoms with Gasteiger partial charge in [0.1, 0.15) is 5.82 Å². The van der Waals surface area contributed by atoms with Crippen molar-refractivity contribution in [2.45, 2.75) is 26.7 Å². The Bertz CT molecular complexity index is 675. The molecule has 0 atom stereocenters. The van der Waals surface area contributed by atoms with E-state index in [2.05, 4.69) is 33.2 Å². The fourth-order valence-electron chi connectivity index (χ4n) is 2.11. The Balaban J connectivity index is 2.20. The number of unbranched alkanes of at least 4 members (excludes halogenated alkanes) is 1. The van der Waals surface area contributed by atoms with Gasteiger partial charge in [-0.2, -0.15) is 10.2 Å². The molecule has 0 saturated heterocycles. The van der Waals surface area contributed by atoms with Crippen LogP contribution in [-0.2, 0) is 0 Å². The zero-order valence-corrected chi connectivity index (χ0v) is 13.3. The van der Waals surface area contributed by atoms with Crippen LogP contribution in [0.3, 0.4) is 0 Å². The van der Waals surface area contributed by atoms with Gasteiger partial charge in [0.05, 0.1) is 11.6 Å². The van der Waals surface area contributed by atoms with Crippen LogP contribution in [0.25, 0.3) is 0 Å². The summed E-state index contributed by atoms with van der Waals surface area (Å²) in [7, 11) is 2.04. The van der Waals surface area contributed by atoms with Gasteiger partial charge in [-0.3, -0.25) is 0 Å². The van der Waals surface area contributed by atoms with Gasteiger partial charge in [-0.05, 0) is 31.5 Å². The molecule has 1 aromatic carbocycles. The molecule has 0 bridgehead atoms. The zero-order valence-electron chi connectivity index (χ0n) is 13.3. The van der Waals surface area contributed by atoms with Gasteiger partial charge < -0.3 is 10.2 Å². The summed E-state index contributed by atoms with van der Waals surface area (Å²) in [5.41, 5.74) is 2.33. The molecule has 1 aromatic heterocycles. The van der Waals surface area contributed by atoms with Crippen molar-refractivity contribution in [3.05, 3.63) is 41.6 Å². The SMILES string of the molecule is CCCCN(C)c1cc(C)nc(Nc2cccc(C#N)c2)n1. The Morgan fingerprint density at radius 1 is 1.27 bits per heavy atom. The lowest BCUT2D eigenvalue weighted by atomic mass is 10.2. The predicted molar refractivity (Wildman–Crippen MR) is 89.4 cm³/mol. The molecule has 0 aliphatic heterocycles. The van der Waals surface area contributed by atoms with E-state index >= 15 is 0 Å². The first-order chi connectivity index (χ1) is 10.6. The lowest BCUT2D eigenvalue weighted by molar-refractivity contribution is 0.758. The fraction of sp³-hybridized carbons (Fsp3) is 0.353. The van der Waals surface area contributed by atoms with Gasteiger partial charge in [0.15, 0.2) is 0 Å². The number of aryl methyl sites for hydroxylation is 1. The number of aromatic nitrogens is 2. The molecule has 0 aliphatic rings. The molecule has 0 aliphatic carbocycles. The van der Waals surface area contributed by atoms with Crippen molar-refractivity contribution in [1.82, 2.24) is 9.97 Å². The van der Waals surface area contributed by atoms with Gasteiger partial charge in [0.25, 0.3) is 0 Å². The molecule has 1 heterocycles. The summed E-state index contributed by atoms with van der Waals surface area (Å²) in [6, 6.07) is 11.4. The van der Waals surface area contributed by atoms with E-state index < -0.39 is 0 Å². The third kappa shape index (κ3) is 4.19. The molecule has 114 valence electrons. The molecule has 1 N–H and O–H groups in total. The maximum Gasteiger partial charge on any atom is 0.229 e. The zero-order chi connectivity index (χ0) is 15.9. The van der Waals surface area contributed by atoms with Crippen molar-refractivity contribution < 1.29 is 0 Å². The molecule has 0 unspecified atom stereocenters. The van der Waals surface area contributed by atoms with E-state index in [1.165, 1.54) is 0 Å². The topological polar surface area (TPSA) is 64.8 Å². The Labute approximate surface area is 131 Å². The number of benzene rings is 1. The molecule has 0 radical (unpaired) electrons. The second-order valence-electron chi connectivity index (χ2n) is 5.28. The highest BCUT2D eigenvalue weighted by Gasteiger charge is 2.07. The van der Waals surface area contributed by atoms with Crippen LogP contribution in [0.2, 0.25) is 0 Å². The minimum Gasteiger partial charge on any atom is -0.360 e. The first kappa shape index (κ1) is 15.8. The predicted octanol–water partition coefficient (Wildman–Crippen LogP) is 3.64. The van der Waals surface area contributed by atoms with E-state index in [-0.39, 0.29) is 0 Å². The Kier molecular flexibility index (Phi) is 5.31. The average molecular weight is 295 g/mol. The average Bonchev–Trinajstić information content (AvgIpc) is 2.52. The standard InChI is InChI=1S/C17H21N5/c1-4-5-9-22(3)16-10-13(2)19-17(21-16)20-15-8-6-7-14(11-15)12-18/h6-8,10-11H,4-5,9H2,1-3H3,(H,19,20,21). The van der Waals surface area contributed by atoms with E-state index in [1.807, 2.05) is 32.2 Å². The van der Waals surface area contributed by atoms with Crippen molar-refractivity contribution in [1.29, 1.82) is 5.26 Å². The highest BCUT2D eigenvalue weighted by Crippen LogP contribution is 2.18. The van der Waals surface area contributed by atoms with Gasteiger partial charge in [0.2, 0.25) is 5.95 Å². The van der Waals surface area contributed by atoms with Crippen molar-refractivity contribution in [2.75, 3.05) is 23.8 Å². The van der Waals surface area contributed by atoms with Crippen LogP contribution in [0.5, 0.6) is 0 Å². The molecule has 2 rings (SSSR count). The van der Waals surface area contributed by atoms with Crippen LogP contribution >= 0.6 is 0 Å².